The number of nitrogen functional groups attached to an aromatic ring is 1. The Kier molecular flexibility index (Phi) is 3.52. The Bertz CT molecular complexity index is 583. The molecule has 0 fully saturated rings. The van der Waals surface area contributed by atoms with Crippen LogP contribution in [-0.2, 0) is 0 Å². The minimum Gasteiger partial charge on any atom is -0.457 e. The zero-order valence-corrected chi connectivity index (χ0v) is 12.3. The minimum atomic E-state index is 0.776. The first kappa shape index (κ1) is 13.5. The second-order valence-electron chi connectivity index (χ2n) is 5.27. The maximum atomic E-state index is 6.06. The highest BCUT2D eigenvalue weighted by Crippen LogP contribution is 2.32. The molecule has 0 amide bonds. The SMILES string of the molecule is Cc1cc(Oc2c(C)cc(N)cc2C)cc(C)c1C. The van der Waals surface area contributed by atoms with Gasteiger partial charge in [-0.2, -0.15) is 0 Å². The van der Waals surface area contributed by atoms with Gasteiger partial charge in [0.05, 0.1) is 0 Å². The summed E-state index contributed by atoms with van der Waals surface area (Å²) in [5.41, 5.74) is 12.6. The highest BCUT2D eigenvalue weighted by Gasteiger charge is 2.08. The third-order valence-corrected chi connectivity index (χ3v) is 3.60. The number of aryl methyl sites for hydroxylation is 4. The lowest BCUT2D eigenvalue weighted by Crippen LogP contribution is -1.96. The van der Waals surface area contributed by atoms with Crippen LogP contribution in [0.25, 0.3) is 0 Å². The molecule has 0 radical (unpaired) electrons. The van der Waals surface area contributed by atoms with Crippen molar-refractivity contribution in [3.63, 3.8) is 0 Å². The largest absolute Gasteiger partial charge is 0.457 e. The van der Waals surface area contributed by atoms with Crippen molar-refractivity contribution in [1.29, 1.82) is 0 Å². The molecular formula is C17H21NO. The minimum absolute atomic E-state index is 0.776. The van der Waals surface area contributed by atoms with Crippen LogP contribution in [0.5, 0.6) is 11.5 Å². The summed E-state index contributed by atoms with van der Waals surface area (Å²) in [6, 6.07) is 8.04. The number of hydrogen-bond donors (Lipinski definition) is 1. The lowest BCUT2D eigenvalue weighted by atomic mass is 10.0. The van der Waals surface area contributed by atoms with Crippen LogP contribution in [-0.4, -0.2) is 0 Å². The molecule has 0 unspecified atom stereocenters. The Morgan fingerprint density at radius 1 is 0.737 bits per heavy atom. The average Bonchev–Trinajstić information content (AvgIpc) is 2.30. The molecule has 0 heterocycles. The number of benzene rings is 2. The average molecular weight is 255 g/mol. The summed E-state index contributed by atoms with van der Waals surface area (Å²) in [4.78, 5) is 0. The first-order valence-corrected chi connectivity index (χ1v) is 6.51. The molecule has 0 saturated carbocycles. The van der Waals surface area contributed by atoms with Gasteiger partial charge in [0.15, 0.2) is 0 Å². The molecule has 100 valence electrons. The van der Waals surface area contributed by atoms with E-state index in [4.69, 9.17) is 10.5 Å². The first-order chi connectivity index (χ1) is 8.88. The Morgan fingerprint density at radius 2 is 1.21 bits per heavy atom. The smallest absolute Gasteiger partial charge is 0.133 e. The van der Waals surface area contributed by atoms with E-state index in [1.54, 1.807) is 0 Å². The number of anilines is 1. The van der Waals surface area contributed by atoms with Crippen LogP contribution in [0.2, 0.25) is 0 Å². The number of hydrogen-bond acceptors (Lipinski definition) is 2. The van der Waals surface area contributed by atoms with Gasteiger partial charge in [-0.3, -0.25) is 0 Å². The Morgan fingerprint density at radius 3 is 1.68 bits per heavy atom. The molecule has 0 aliphatic rings. The molecule has 0 spiro atoms. The van der Waals surface area contributed by atoms with Crippen LogP contribution in [0.4, 0.5) is 5.69 Å². The highest BCUT2D eigenvalue weighted by molar-refractivity contribution is 5.54. The van der Waals surface area contributed by atoms with E-state index < -0.39 is 0 Å². The van der Waals surface area contributed by atoms with Crippen LogP contribution < -0.4 is 10.5 Å². The fourth-order valence-corrected chi connectivity index (χ4v) is 2.32. The van der Waals surface area contributed by atoms with Gasteiger partial charge in [0.1, 0.15) is 11.5 Å². The van der Waals surface area contributed by atoms with Crippen LogP contribution in [0.15, 0.2) is 24.3 Å². The second kappa shape index (κ2) is 4.96. The van der Waals surface area contributed by atoms with Gasteiger partial charge in [-0.25, -0.2) is 0 Å². The van der Waals surface area contributed by atoms with Crippen molar-refractivity contribution >= 4 is 5.69 Å². The quantitative estimate of drug-likeness (QED) is 0.796. The molecule has 2 heteroatoms. The Labute approximate surface area is 115 Å². The van der Waals surface area contributed by atoms with Gasteiger partial charge in [0.25, 0.3) is 0 Å². The molecule has 2 nitrogen and oxygen atoms in total. The zero-order valence-electron chi connectivity index (χ0n) is 12.3. The van der Waals surface area contributed by atoms with E-state index >= 15 is 0 Å². The summed E-state index contributed by atoms with van der Waals surface area (Å²) in [5, 5.41) is 0. The van der Waals surface area contributed by atoms with E-state index in [2.05, 4.69) is 32.9 Å². The van der Waals surface area contributed by atoms with E-state index in [-0.39, 0.29) is 0 Å². The van der Waals surface area contributed by atoms with Gasteiger partial charge >= 0.3 is 0 Å². The molecule has 2 aromatic carbocycles. The molecule has 0 atom stereocenters. The predicted octanol–water partition coefficient (Wildman–Crippen LogP) is 4.60. The standard InChI is InChI=1S/C17H21NO/c1-10-8-16(9-11(2)14(10)5)19-17-12(3)6-15(18)7-13(17)4/h6-9H,18H2,1-5H3. The maximum absolute atomic E-state index is 6.06. The van der Waals surface area contributed by atoms with Gasteiger partial charge < -0.3 is 10.5 Å². The lowest BCUT2D eigenvalue weighted by molar-refractivity contribution is 0.474. The summed E-state index contributed by atoms with van der Waals surface area (Å²) in [6.07, 6.45) is 0. The highest BCUT2D eigenvalue weighted by atomic mass is 16.5. The number of rotatable bonds is 2. The third-order valence-electron chi connectivity index (χ3n) is 3.60. The Balaban J connectivity index is 2.42. The van der Waals surface area contributed by atoms with Crippen molar-refractivity contribution in [1.82, 2.24) is 0 Å². The molecular weight excluding hydrogens is 234 g/mol. The summed E-state index contributed by atoms with van der Waals surface area (Å²) >= 11 is 0. The van der Waals surface area contributed by atoms with Crippen LogP contribution in [0.1, 0.15) is 27.8 Å². The number of ether oxygens (including phenoxy) is 1. The first-order valence-electron chi connectivity index (χ1n) is 6.51. The fraction of sp³-hybridized carbons (Fsp3) is 0.294. The van der Waals surface area contributed by atoms with Crippen LogP contribution >= 0.6 is 0 Å². The fourth-order valence-electron chi connectivity index (χ4n) is 2.32. The third kappa shape index (κ3) is 2.73. The maximum Gasteiger partial charge on any atom is 0.133 e. The molecule has 2 rings (SSSR count). The lowest BCUT2D eigenvalue weighted by Gasteiger charge is -2.15. The summed E-state index contributed by atoms with van der Waals surface area (Å²) in [6.45, 7) is 10.4. The molecule has 0 aromatic heterocycles. The van der Waals surface area contributed by atoms with Crippen molar-refractivity contribution in [2.45, 2.75) is 34.6 Å². The molecule has 0 saturated heterocycles. The molecule has 0 aliphatic carbocycles. The molecule has 2 N–H and O–H groups in total. The zero-order chi connectivity index (χ0) is 14.2. The molecule has 0 bridgehead atoms. The van der Waals surface area contributed by atoms with Gasteiger partial charge in [-0.15, -0.1) is 0 Å². The van der Waals surface area contributed by atoms with E-state index in [1.165, 1.54) is 16.7 Å². The number of nitrogens with two attached hydrogens (primary N) is 1. The summed E-state index contributed by atoms with van der Waals surface area (Å²) < 4.78 is 6.06. The van der Waals surface area contributed by atoms with Gasteiger partial charge in [0.2, 0.25) is 0 Å². The monoisotopic (exact) mass is 255 g/mol. The van der Waals surface area contributed by atoms with Gasteiger partial charge in [-0.05, 0) is 86.7 Å². The van der Waals surface area contributed by atoms with Gasteiger partial charge in [0, 0.05) is 5.69 Å². The van der Waals surface area contributed by atoms with Crippen molar-refractivity contribution in [3.05, 3.63) is 52.1 Å². The molecule has 19 heavy (non-hydrogen) atoms. The second-order valence-corrected chi connectivity index (χ2v) is 5.27. The van der Waals surface area contributed by atoms with E-state index in [1.807, 2.05) is 26.0 Å². The topological polar surface area (TPSA) is 35.2 Å². The van der Waals surface area contributed by atoms with Gasteiger partial charge in [-0.1, -0.05) is 0 Å². The predicted molar refractivity (Wildman–Crippen MR) is 81.1 cm³/mol. The summed E-state index contributed by atoms with van der Waals surface area (Å²) in [7, 11) is 0. The Hall–Kier alpha value is -1.96. The normalized spacial score (nSPS) is 10.6. The van der Waals surface area contributed by atoms with Crippen molar-refractivity contribution < 1.29 is 4.74 Å². The molecule has 0 aliphatic heterocycles. The van der Waals surface area contributed by atoms with E-state index in [0.29, 0.717) is 0 Å². The van der Waals surface area contributed by atoms with E-state index in [0.717, 1.165) is 28.3 Å². The van der Waals surface area contributed by atoms with Crippen LogP contribution in [0.3, 0.4) is 0 Å². The van der Waals surface area contributed by atoms with Crippen LogP contribution in [0, 0.1) is 34.6 Å². The summed E-state index contributed by atoms with van der Waals surface area (Å²) in [5.74, 6) is 1.79. The van der Waals surface area contributed by atoms with Crippen molar-refractivity contribution in [2.24, 2.45) is 0 Å². The van der Waals surface area contributed by atoms with E-state index in [9.17, 15) is 0 Å². The van der Waals surface area contributed by atoms with Crippen molar-refractivity contribution in [3.8, 4) is 11.5 Å². The van der Waals surface area contributed by atoms with Crippen molar-refractivity contribution in [2.75, 3.05) is 5.73 Å². The molecule has 2 aromatic rings.